The smallest absolute Gasteiger partial charge is 0.239 e. The van der Waals surface area contributed by atoms with Gasteiger partial charge in [0.05, 0.1) is 0 Å². The van der Waals surface area contributed by atoms with Crippen molar-refractivity contribution >= 4 is 33.6 Å². The van der Waals surface area contributed by atoms with E-state index < -0.39 is 17.8 Å². The molecular weight excluding hydrogens is 319 g/mol. The van der Waals surface area contributed by atoms with E-state index in [0.717, 1.165) is 5.75 Å². The van der Waals surface area contributed by atoms with E-state index in [0.29, 0.717) is 4.47 Å². The van der Waals surface area contributed by atoms with Gasteiger partial charge in [-0.1, -0.05) is 22.0 Å². The Kier molecular flexibility index (Phi) is 6.11. The maximum atomic E-state index is 13.8. The molecule has 100 valence electrons. The van der Waals surface area contributed by atoms with Crippen LogP contribution in [0.1, 0.15) is 18.5 Å². The van der Waals surface area contributed by atoms with Gasteiger partial charge in [0.2, 0.25) is 5.91 Å². The first-order valence-electron chi connectivity index (χ1n) is 5.45. The normalized spacial score (nSPS) is 14.2. The molecule has 3 N–H and O–H groups in total. The average molecular weight is 335 g/mol. The SMILES string of the molecule is CSC[C@H](C)N[C@H](C(N)=O)c1ccc(Br)cc1F. The highest BCUT2D eigenvalue weighted by molar-refractivity contribution is 9.10. The molecule has 1 rings (SSSR count). The van der Waals surface area contributed by atoms with Gasteiger partial charge in [0.15, 0.2) is 0 Å². The summed E-state index contributed by atoms with van der Waals surface area (Å²) in [5.74, 6) is -0.205. The molecule has 0 aliphatic carbocycles. The molecule has 0 fully saturated rings. The van der Waals surface area contributed by atoms with E-state index in [1.165, 1.54) is 6.07 Å². The minimum absolute atomic E-state index is 0.0700. The Morgan fingerprint density at radius 2 is 2.28 bits per heavy atom. The lowest BCUT2D eigenvalue weighted by atomic mass is 10.0. The van der Waals surface area contributed by atoms with Gasteiger partial charge in [0.25, 0.3) is 0 Å². The third-order valence-electron chi connectivity index (χ3n) is 2.43. The molecule has 0 aromatic heterocycles. The van der Waals surface area contributed by atoms with Gasteiger partial charge in [-0.15, -0.1) is 0 Å². The van der Waals surface area contributed by atoms with Crippen molar-refractivity contribution in [2.45, 2.75) is 19.0 Å². The number of hydrogen-bond acceptors (Lipinski definition) is 3. The molecule has 0 heterocycles. The number of primary amides is 1. The molecule has 0 saturated carbocycles. The summed E-state index contributed by atoms with van der Waals surface area (Å²) < 4.78 is 14.4. The van der Waals surface area contributed by atoms with E-state index in [9.17, 15) is 9.18 Å². The molecule has 0 spiro atoms. The number of hydrogen-bond donors (Lipinski definition) is 2. The van der Waals surface area contributed by atoms with Crippen molar-refractivity contribution in [3.8, 4) is 0 Å². The number of nitrogens with two attached hydrogens (primary N) is 1. The zero-order valence-corrected chi connectivity index (χ0v) is 12.6. The largest absolute Gasteiger partial charge is 0.368 e. The third-order valence-corrected chi connectivity index (χ3v) is 3.75. The lowest BCUT2D eigenvalue weighted by Crippen LogP contribution is -2.40. The summed E-state index contributed by atoms with van der Waals surface area (Å²) in [5.41, 5.74) is 5.61. The standard InChI is InChI=1S/C12H16BrFN2OS/c1-7(6-18-2)16-11(12(15)17)9-4-3-8(13)5-10(9)14/h3-5,7,11,16H,6H2,1-2H3,(H2,15,17)/t7-,11-/m0/s1. The molecule has 0 radical (unpaired) electrons. The van der Waals surface area contributed by atoms with E-state index in [4.69, 9.17) is 5.73 Å². The maximum absolute atomic E-state index is 13.8. The first kappa shape index (κ1) is 15.5. The van der Waals surface area contributed by atoms with Crippen molar-refractivity contribution in [3.63, 3.8) is 0 Å². The average Bonchev–Trinajstić information content (AvgIpc) is 2.27. The first-order chi connectivity index (χ1) is 8.45. The lowest BCUT2D eigenvalue weighted by Gasteiger charge is -2.21. The topological polar surface area (TPSA) is 55.1 Å². The fourth-order valence-corrected chi connectivity index (χ4v) is 2.57. The van der Waals surface area contributed by atoms with Gasteiger partial charge in [-0.25, -0.2) is 4.39 Å². The summed E-state index contributed by atoms with van der Waals surface area (Å²) in [5, 5.41) is 3.04. The number of carbonyl (C=O) groups excluding carboxylic acids is 1. The van der Waals surface area contributed by atoms with Crippen LogP contribution in [-0.4, -0.2) is 24.0 Å². The summed E-state index contributed by atoms with van der Waals surface area (Å²) in [6, 6.07) is 3.84. The molecule has 0 unspecified atom stereocenters. The Morgan fingerprint density at radius 1 is 1.61 bits per heavy atom. The van der Waals surface area contributed by atoms with Crippen molar-refractivity contribution < 1.29 is 9.18 Å². The molecule has 2 atom stereocenters. The molecule has 1 aromatic rings. The number of halogens is 2. The zero-order valence-electron chi connectivity index (χ0n) is 10.2. The highest BCUT2D eigenvalue weighted by Crippen LogP contribution is 2.21. The monoisotopic (exact) mass is 334 g/mol. The van der Waals surface area contributed by atoms with Crippen LogP contribution in [0, 0.1) is 5.82 Å². The quantitative estimate of drug-likeness (QED) is 0.840. The third kappa shape index (κ3) is 4.26. The fraction of sp³-hybridized carbons (Fsp3) is 0.417. The number of amides is 1. The number of thioether (sulfide) groups is 1. The minimum Gasteiger partial charge on any atom is -0.368 e. The highest BCUT2D eigenvalue weighted by atomic mass is 79.9. The van der Waals surface area contributed by atoms with Crippen LogP contribution in [-0.2, 0) is 4.79 Å². The molecular formula is C12H16BrFN2OS. The van der Waals surface area contributed by atoms with Gasteiger partial charge in [0.1, 0.15) is 11.9 Å². The number of carbonyl (C=O) groups is 1. The van der Waals surface area contributed by atoms with Crippen molar-refractivity contribution in [2.75, 3.05) is 12.0 Å². The van der Waals surface area contributed by atoms with Gasteiger partial charge in [0, 0.05) is 21.8 Å². The first-order valence-corrected chi connectivity index (χ1v) is 7.63. The minimum atomic E-state index is -0.805. The molecule has 0 aliphatic heterocycles. The van der Waals surface area contributed by atoms with Crippen LogP contribution in [0.4, 0.5) is 4.39 Å². The molecule has 6 heteroatoms. The molecule has 1 amide bonds. The number of benzene rings is 1. The molecule has 0 bridgehead atoms. The van der Waals surface area contributed by atoms with Crippen LogP contribution < -0.4 is 11.1 Å². The van der Waals surface area contributed by atoms with Gasteiger partial charge in [-0.3, -0.25) is 10.1 Å². The van der Waals surface area contributed by atoms with Gasteiger partial charge in [-0.05, 0) is 25.3 Å². The molecule has 0 aliphatic rings. The van der Waals surface area contributed by atoms with Gasteiger partial charge < -0.3 is 5.73 Å². The van der Waals surface area contributed by atoms with Crippen LogP contribution in [0.25, 0.3) is 0 Å². The number of nitrogens with one attached hydrogen (secondary N) is 1. The van der Waals surface area contributed by atoms with Crippen LogP contribution in [0.15, 0.2) is 22.7 Å². The Labute approximate surface area is 119 Å². The van der Waals surface area contributed by atoms with Crippen molar-refractivity contribution in [3.05, 3.63) is 34.1 Å². The van der Waals surface area contributed by atoms with Crippen molar-refractivity contribution in [1.29, 1.82) is 0 Å². The summed E-state index contributed by atoms with van der Waals surface area (Å²) in [6.45, 7) is 1.93. The second-order valence-electron chi connectivity index (χ2n) is 4.02. The maximum Gasteiger partial charge on any atom is 0.239 e. The second-order valence-corrected chi connectivity index (χ2v) is 5.85. The molecule has 3 nitrogen and oxygen atoms in total. The van der Waals surface area contributed by atoms with Crippen LogP contribution in [0.5, 0.6) is 0 Å². The van der Waals surface area contributed by atoms with E-state index in [2.05, 4.69) is 21.2 Å². The van der Waals surface area contributed by atoms with Crippen LogP contribution in [0.2, 0.25) is 0 Å². The lowest BCUT2D eigenvalue weighted by molar-refractivity contribution is -0.120. The van der Waals surface area contributed by atoms with E-state index in [1.807, 2.05) is 13.2 Å². The van der Waals surface area contributed by atoms with Crippen LogP contribution >= 0.6 is 27.7 Å². The van der Waals surface area contributed by atoms with E-state index in [-0.39, 0.29) is 11.6 Å². The van der Waals surface area contributed by atoms with Crippen molar-refractivity contribution in [2.24, 2.45) is 5.73 Å². The van der Waals surface area contributed by atoms with Crippen molar-refractivity contribution in [1.82, 2.24) is 5.32 Å². The molecule has 18 heavy (non-hydrogen) atoms. The zero-order chi connectivity index (χ0) is 13.7. The molecule has 0 saturated heterocycles. The summed E-state index contributed by atoms with van der Waals surface area (Å²) in [6.07, 6.45) is 1.97. The molecule has 1 aromatic carbocycles. The summed E-state index contributed by atoms with van der Waals surface area (Å²) in [7, 11) is 0. The van der Waals surface area contributed by atoms with E-state index in [1.54, 1.807) is 23.9 Å². The predicted molar refractivity (Wildman–Crippen MR) is 77.0 cm³/mol. The Balaban J connectivity index is 2.94. The predicted octanol–water partition coefficient (Wildman–Crippen LogP) is 2.46. The summed E-state index contributed by atoms with van der Waals surface area (Å²) >= 11 is 4.83. The highest BCUT2D eigenvalue weighted by Gasteiger charge is 2.22. The Bertz CT molecular complexity index is 431. The summed E-state index contributed by atoms with van der Waals surface area (Å²) in [4.78, 5) is 11.5. The van der Waals surface area contributed by atoms with Crippen LogP contribution in [0.3, 0.4) is 0 Å². The number of rotatable bonds is 6. The Hall–Kier alpha value is -0.590. The van der Waals surface area contributed by atoms with E-state index >= 15 is 0 Å². The Morgan fingerprint density at radius 3 is 2.78 bits per heavy atom. The fourth-order valence-electron chi connectivity index (χ4n) is 1.64. The van der Waals surface area contributed by atoms with Gasteiger partial charge >= 0.3 is 0 Å². The van der Waals surface area contributed by atoms with Gasteiger partial charge in [-0.2, -0.15) is 11.8 Å². The second kappa shape index (κ2) is 7.11.